The third-order valence-corrected chi connectivity index (χ3v) is 3.25. The van der Waals surface area contributed by atoms with Crippen LogP contribution in [-0.2, 0) is 0 Å². The first-order valence-electron chi connectivity index (χ1n) is 6.67. The standard InChI is InChI=1S/C14H17N5O/c1-10-16-18-19(17-10)12(7-8-15-2)14-9-11-5-3-4-6-13(11)20-14/h3-6,9,12,15H,7-8H2,1-2H3. The Balaban J connectivity index is 1.99. The first-order valence-corrected chi connectivity index (χ1v) is 6.67. The van der Waals surface area contributed by atoms with Crippen LogP contribution in [0.4, 0.5) is 0 Å². The van der Waals surface area contributed by atoms with Crippen LogP contribution in [0, 0.1) is 6.92 Å². The highest BCUT2D eigenvalue weighted by molar-refractivity contribution is 5.77. The van der Waals surface area contributed by atoms with Crippen molar-refractivity contribution < 1.29 is 4.42 Å². The summed E-state index contributed by atoms with van der Waals surface area (Å²) in [5.41, 5.74) is 0.883. The first-order chi connectivity index (χ1) is 9.78. The van der Waals surface area contributed by atoms with Crippen molar-refractivity contribution >= 4 is 11.0 Å². The van der Waals surface area contributed by atoms with Gasteiger partial charge in [-0.25, -0.2) is 0 Å². The second kappa shape index (κ2) is 5.42. The molecule has 0 amide bonds. The summed E-state index contributed by atoms with van der Waals surface area (Å²) in [6, 6.07) is 9.98. The van der Waals surface area contributed by atoms with E-state index in [-0.39, 0.29) is 6.04 Å². The summed E-state index contributed by atoms with van der Waals surface area (Å²) in [5, 5.41) is 16.6. The van der Waals surface area contributed by atoms with Crippen LogP contribution in [0.3, 0.4) is 0 Å². The van der Waals surface area contributed by atoms with E-state index >= 15 is 0 Å². The number of furan rings is 1. The van der Waals surface area contributed by atoms with E-state index in [0.717, 1.165) is 29.7 Å². The van der Waals surface area contributed by atoms with E-state index in [0.29, 0.717) is 5.82 Å². The third-order valence-electron chi connectivity index (χ3n) is 3.25. The molecule has 0 radical (unpaired) electrons. The minimum Gasteiger partial charge on any atom is -0.459 e. The van der Waals surface area contributed by atoms with Crippen molar-refractivity contribution in [2.24, 2.45) is 0 Å². The second-order valence-corrected chi connectivity index (χ2v) is 4.75. The quantitative estimate of drug-likeness (QED) is 0.768. The Labute approximate surface area is 116 Å². The minimum absolute atomic E-state index is 0.0453. The Bertz CT molecular complexity index is 669. The molecule has 1 unspecified atom stereocenters. The number of para-hydroxylation sites is 1. The molecule has 2 aromatic heterocycles. The number of benzene rings is 1. The zero-order chi connectivity index (χ0) is 13.9. The molecule has 0 aliphatic rings. The molecular weight excluding hydrogens is 254 g/mol. The summed E-state index contributed by atoms with van der Waals surface area (Å²) in [6.45, 7) is 2.68. The SMILES string of the molecule is CNCCC(c1cc2ccccc2o1)n1nnc(C)n1. The van der Waals surface area contributed by atoms with Crippen molar-refractivity contribution in [1.82, 2.24) is 25.5 Å². The molecule has 104 valence electrons. The van der Waals surface area contributed by atoms with Crippen molar-refractivity contribution in [3.8, 4) is 0 Å². The van der Waals surface area contributed by atoms with Gasteiger partial charge >= 0.3 is 0 Å². The molecule has 2 heterocycles. The summed E-state index contributed by atoms with van der Waals surface area (Å²) in [6.07, 6.45) is 0.839. The highest BCUT2D eigenvalue weighted by Gasteiger charge is 2.20. The maximum absolute atomic E-state index is 5.93. The molecule has 0 spiro atoms. The van der Waals surface area contributed by atoms with Gasteiger partial charge in [-0.2, -0.15) is 4.80 Å². The maximum Gasteiger partial charge on any atom is 0.171 e. The van der Waals surface area contributed by atoms with Crippen LogP contribution in [-0.4, -0.2) is 33.8 Å². The number of rotatable bonds is 5. The zero-order valence-electron chi connectivity index (χ0n) is 11.6. The molecule has 6 nitrogen and oxygen atoms in total. The highest BCUT2D eigenvalue weighted by atomic mass is 16.3. The van der Waals surface area contributed by atoms with Crippen molar-refractivity contribution in [3.05, 3.63) is 41.9 Å². The zero-order valence-corrected chi connectivity index (χ0v) is 11.6. The molecule has 0 bridgehead atoms. The van der Waals surface area contributed by atoms with Gasteiger partial charge in [0, 0.05) is 5.39 Å². The average Bonchev–Trinajstić information content (AvgIpc) is 3.05. The molecule has 20 heavy (non-hydrogen) atoms. The first kappa shape index (κ1) is 12.8. The molecule has 6 heteroatoms. The third kappa shape index (κ3) is 2.42. The van der Waals surface area contributed by atoms with Gasteiger partial charge in [-0.1, -0.05) is 18.2 Å². The number of aryl methyl sites for hydroxylation is 1. The van der Waals surface area contributed by atoms with Crippen LogP contribution in [0.5, 0.6) is 0 Å². The van der Waals surface area contributed by atoms with Gasteiger partial charge in [0.05, 0.1) is 0 Å². The number of aromatic nitrogens is 4. The number of nitrogens with one attached hydrogen (secondary N) is 1. The number of tetrazole rings is 1. The Morgan fingerprint density at radius 3 is 2.90 bits per heavy atom. The minimum atomic E-state index is -0.0453. The molecule has 3 rings (SSSR count). The highest BCUT2D eigenvalue weighted by Crippen LogP contribution is 2.27. The molecule has 1 atom stereocenters. The monoisotopic (exact) mass is 271 g/mol. The molecule has 1 aromatic carbocycles. The summed E-state index contributed by atoms with van der Waals surface area (Å²) in [7, 11) is 1.93. The lowest BCUT2D eigenvalue weighted by Crippen LogP contribution is -2.19. The molecule has 0 aliphatic heterocycles. The number of hydrogen-bond acceptors (Lipinski definition) is 5. The molecule has 3 aromatic rings. The normalized spacial score (nSPS) is 12.9. The van der Waals surface area contributed by atoms with Crippen molar-refractivity contribution in [3.63, 3.8) is 0 Å². The van der Waals surface area contributed by atoms with Crippen molar-refractivity contribution in [1.29, 1.82) is 0 Å². The molecule has 0 saturated heterocycles. The van der Waals surface area contributed by atoms with E-state index in [4.69, 9.17) is 4.42 Å². The van der Waals surface area contributed by atoms with E-state index in [1.54, 1.807) is 4.80 Å². The fourth-order valence-electron chi connectivity index (χ4n) is 2.25. The smallest absolute Gasteiger partial charge is 0.171 e. The molecule has 0 aliphatic carbocycles. The van der Waals surface area contributed by atoms with Crippen LogP contribution in [0.1, 0.15) is 24.0 Å². The van der Waals surface area contributed by atoms with Gasteiger partial charge in [-0.05, 0) is 44.3 Å². The summed E-state index contributed by atoms with van der Waals surface area (Å²) in [4.78, 5) is 1.63. The van der Waals surface area contributed by atoms with Crippen LogP contribution in [0.25, 0.3) is 11.0 Å². The van der Waals surface area contributed by atoms with E-state index in [9.17, 15) is 0 Å². The van der Waals surface area contributed by atoms with Gasteiger partial charge in [0.1, 0.15) is 17.4 Å². The van der Waals surface area contributed by atoms with Gasteiger partial charge in [0.15, 0.2) is 5.82 Å². The van der Waals surface area contributed by atoms with Gasteiger partial charge in [-0.15, -0.1) is 10.2 Å². The van der Waals surface area contributed by atoms with Crippen LogP contribution in [0.2, 0.25) is 0 Å². The lowest BCUT2D eigenvalue weighted by Gasteiger charge is -2.12. The molecule has 1 N–H and O–H groups in total. The lowest BCUT2D eigenvalue weighted by atomic mass is 10.1. The fraction of sp³-hybridized carbons (Fsp3) is 0.357. The Hall–Kier alpha value is -2.21. The van der Waals surface area contributed by atoms with Gasteiger partial charge in [0.2, 0.25) is 0 Å². The van der Waals surface area contributed by atoms with E-state index in [1.165, 1.54) is 0 Å². The Morgan fingerprint density at radius 1 is 1.35 bits per heavy atom. The largest absolute Gasteiger partial charge is 0.459 e. The Kier molecular flexibility index (Phi) is 3.47. The molecular formula is C14H17N5O. The predicted octanol–water partition coefficient (Wildman–Crippen LogP) is 1.93. The van der Waals surface area contributed by atoms with Gasteiger partial charge < -0.3 is 9.73 Å². The van der Waals surface area contributed by atoms with Gasteiger partial charge in [-0.3, -0.25) is 0 Å². The van der Waals surface area contributed by atoms with E-state index in [2.05, 4.69) is 20.7 Å². The fourth-order valence-corrected chi connectivity index (χ4v) is 2.25. The predicted molar refractivity (Wildman–Crippen MR) is 75.5 cm³/mol. The summed E-state index contributed by atoms with van der Waals surface area (Å²) in [5.74, 6) is 1.52. The Morgan fingerprint density at radius 2 is 2.20 bits per heavy atom. The molecule has 0 saturated carbocycles. The number of hydrogen-bond donors (Lipinski definition) is 1. The van der Waals surface area contributed by atoms with Crippen LogP contribution in [0.15, 0.2) is 34.7 Å². The van der Waals surface area contributed by atoms with Gasteiger partial charge in [0.25, 0.3) is 0 Å². The van der Waals surface area contributed by atoms with Crippen molar-refractivity contribution in [2.75, 3.05) is 13.6 Å². The van der Waals surface area contributed by atoms with E-state index < -0.39 is 0 Å². The molecule has 0 fully saturated rings. The lowest BCUT2D eigenvalue weighted by molar-refractivity contribution is 0.361. The summed E-state index contributed by atoms with van der Waals surface area (Å²) >= 11 is 0. The van der Waals surface area contributed by atoms with Crippen LogP contribution < -0.4 is 5.32 Å². The summed E-state index contributed by atoms with van der Waals surface area (Å²) < 4.78 is 5.93. The second-order valence-electron chi connectivity index (χ2n) is 4.75. The topological polar surface area (TPSA) is 68.8 Å². The van der Waals surface area contributed by atoms with Crippen LogP contribution >= 0.6 is 0 Å². The number of fused-ring (bicyclic) bond motifs is 1. The van der Waals surface area contributed by atoms with Crippen molar-refractivity contribution in [2.45, 2.75) is 19.4 Å². The van der Waals surface area contributed by atoms with E-state index in [1.807, 2.05) is 44.3 Å². The average molecular weight is 271 g/mol. The maximum atomic E-state index is 5.93. The number of nitrogens with zero attached hydrogens (tertiary/aromatic N) is 4.